The van der Waals surface area contributed by atoms with Crippen molar-refractivity contribution in [1.29, 1.82) is 0 Å². The van der Waals surface area contributed by atoms with Crippen LogP contribution in [-0.2, 0) is 14.3 Å². The second kappa shape index (κ2) is 10.1. The summed E-state index contributed by atoms with van der Waals surface area (Å²) in [7, 11) is 1.54. The summed E-state index contributed by atoms with van der Waals surface area (Å²) in [6.45, 7) is 4.95. The number of rotatable bonds is 6. The van der Waals surface area contributed by atoms with Gasteiger partial charge >= 0.3 is 11.9 Å². The monoisotopic (exact) mass is 492 g/mol. The van der Waals surface area contributed by atoms with Crippen LogP contribution in [0.2, 0.25) is 0 Å². The fourth-order valence-corrected chi connectivity index (χ4v) is 5.00. The van der Waals surface area contributed by atoms with Crippen LogP contribution in [0.1, 0.15) is 37.9 Å². The number of methoxy groups -OCH3 is 1. The van der Waals surface area contributed by atoms with Gasteiger partial charge in [0.05, 0.1) is 29.5 Å². The van der Waals surface area contributed by atoms with Gasteiger partial charge in [0.2, 0.25) is 0 Å². The molecular weight excluding hydrogens is 468 g/mol. The molecule has 2 heterocycles. The zero-order valence-electron chi connectivity index (χ0n) is 19.7. The maximum atomic E-state index is 13.7. The van der Waals surface area contributed by atoms with Crippen molar-refractivity contribution in [3.63, 3.8) is 0 Å². The van der Waals surface area contributed by atoms with Crippen LogP contribution in [0.4, 0.5) is 0 Å². The minimum absolute atomic E-state index is 0.186. The quantitative estimate of drug-likeness (QED) is 0.388. The Morgan fingerprint density at radius 2 is 1.80 bits per heavy atom. The summed E-state index contributed by atoms with van der Waals surface area (Å²) in [6.07, 6.45) is 1.66. The molecule has 9 heteroatoms. The molecule has 1 aliphatic rings. The third kappa shape index (κ3) is 4.67. The molecule has 0 aliphatic carbocycles. The fourth-order valence-electron chi connectivity index (χ4n) is 3.97. The molecule has 0 spiro atoms. The first kappa shape index (κ1) is 24.2. The Balaban J connectivity index is 1.98. The van der Waals surface area contributed by atoms with E-state index in [2.05, 4.69) is 4.99 Å². The molecule has 0 amide bonds. The highest BCUT2D eigenvalue weighted by atomic mass is 32.1. The molecule has 8 nitrogen and oxygen atoms in total. The lowest BCUT2D eigenvalue weighted by molar-refractivity contribution is -0.139. The molecule has 0 bridgehead atoms. The average molecular weight is 493 g/mol. The van der Waals surface area contributed by atoms with Crippen molar-refractivity contribution in [2.45, 2.75) is 26.8 Å². The Morgan fingerprint density at radius 3 is 2.49 bits per heavy atom. The molecule has 1 atom stereocenters. The van der Waals surface area contributed by atoms with E-state index in [4.69, 9.17) is 14.2 Å². The van der Waals surface area contributed by atoms with E-state index in [-0.39, 0.29) is 17.7 Å². The van der Waals surface area contributed by atoms with Gasteiger partial charge in [-0.05, 0) is 32.1 Å². The zero-order chi connectivity index (χ0) is 25.1. The zero-order valence-corrected chi connectivity index (χ0v) is 20.5. The third-order valence-corrected chi connectivity index (χ3v) is 6.39. The van der Waals surface area contributed by atoms with Crippen LogP contribution < -0.4 is 24.4 Å². The minimum atomic E-state index is -0.785. The highest BCUT2D eigenvalue weighted by molar-refractivity contribution is 7.07. The first-order chi connectivity index (χ1) is 16.8. The van der Waals surface area contributed by atoms with Crippen molar-refractivity contribution in [2.75, 3.05) is 13.7 Å². The van der Waals surface area contributed by atoms with E-state index in [1.54, 1.807) is 50.3 Å². The Hall–Kier alpha value is -3.98. The number of carbonyl (C=O) groups is 2. The summed E-state index contributed by atoms with van der Waals surface area (Å²) in [5.74, 6) is -0.128. The Bertz CT molecular complexity index is 1520. The van der Waals surface area contributed by atoms with E-state index in [0.29, 0.717) is 37.7 Å². The highest BCUT2D eigenvalue weighted by Crippen LogP contribution is 2.35. The molecule has 0 fully saturated rings. The van der Waals surface area contributed by atoms with Gasteiger partial charge in [-0.25, -0.2) is 9.79 Å². The fraction of sp³-hybridized carbons (Fsp3) is 0.231. The molecule has 0 saturated carbocycles. The maximum absolute atomic E-state index is 13.7. The Morgan fingerprint density at radius 1 is 1.11 bits per heavy atom. The van der Waals surface area contributed by atoms with Crippen molar-refractivity contribution < 1.29 is 23.8 Å². The molecule has 1 aliphatic heterocycles. The second-order valence-electron chi connectivity index (χ2n) is 7.68. The summed E-state index contributed by atoms with van der Waals surface area (Å²) in [5, 5.41) is 0. The molecule has 3 aromatic rings. The molecule has 1 unspecified atom stereocenters. The lowest BCUT2D eigenvalue weighted by Gasteiger charge is -2.25. The standard InChI is InChI=1S/C26H24N2O6S/c1-5-33-25(31)22-15(2)27-26-28(23(22)18-11-7-9-13-20(18)32-4)24(30)21(35-26)14-17-10-6-8-12-19(17)34-16(3)29/h6-14,23H,5H2,1-4H3/b21-14-. The molecule has 0 saturated heterocycles. The predicted octanol–water partition coefficient (Wildman–Crippen LogP) is 2.73. The number of fused-ring (bicyclic) bond motifs is 1. The summed E-state index contributed by atoms with van der Waals surface area (Å²) in [4.78, 5) is 43.3. The van der Waals surface area contributed by atoms with Gasteiger partial charge in [-0.15, -0.1) is 0 Å². The number of allylic oxidation sites excluding steroid dienone is 1. The first-order valence-corrected chi connectivity index (χ1v) is 11.8. The molecule has 180 valence electrons. The van der Waals surface area contributed by atoms with Gasteiger partial charge < -0.3 is 14.2 Å². The smallest absolute Gasteiger partial charge is 0.338 e. The Kier molecular flexibility index (Phi) is 6.97. The number of nitrogens with zero attached hydrogens (tertiary/aromatic N) is 2. The van der Waals surface area contributed by atoms with E-state index >= 15 is 0 Å². The number of ether oxygens (including phenoxy) is 3. The second-order valence-corrected chi connectivity index (χ2v) is 8.68. The number of thiazole rings is 1. The summed E-state index contributed by atoms with van der Waals surface area (Å²) in [5.41, 5.74) is 1.61. The van der Waals surface area contributed by atoms with Crippen molar-refractivity contribution in [2.24, 2.45) is 4.99 Å². The third-order valence-electron chi connectivity index (χ3n) is 5.41. The van der Waals surface area contributed by atoms with Crippen LogP contribution >= 0.6 is 11.3 Å². The van der Waals surface area contributed by atoms with Gasteiger partial charge in [0.15, 0.2) is 4.80 Å². The minimum Gasteiger partial charge on any atom is -0.496 e. The number of aromatic nitrogens is 1. The largest absolute Gasteiger partial charge is 0.496 e. The van der Waals surface area contributed by atoms with E-state index in [0.717, 1.165) is 0 Å². The van der Waals surface area contributed by atoms with E-state index in [9.17, 15) is 14.4 Å². The van der Waals surface area contributed by atoms with Crippen molar-refractivity contribution in [3.05, 3.63) is 90.6 Å². The molecule has 2 aromatic carbocycles. The van der Waals surface area contributed by atoms with Crippen molar-refractivity contribution in [3.8, 4) is 11.5 Å². The van der Waals surface area contributed by atoms with Gasteiger partial charge in [0.25, 0.3) is 5.56 Å². The van der Waals surface area contributed by atoms with Gasteiger partial charge in [-0.2, -0.15) is 0 Å². The normalized spacial score (nSPS) is 15.3. The molecule has 0 radical (unpaired) electrons. The SMILES string of the molecule is CCOC(=O)C1=C(C)N=c2s/c(=C\c3ccccc3OC(C)=O)c(=O)n2C1c1ccccc1OC. The lowest BCUT2D eigenvalue weighted by atomic mass is 9.95. The van der Waals surface area contributed by atoms with E-state index < -0.39 is 18.0 Å². The molecular formula is C26H24N2O6S. The summed E-state index contributed by atoms with van der Waals surface area (Å²) in [6, 6.07) is 13.4. The van der Waals surface area contributed by atoms with Crippen LogP contribution in [-0.4, -0.2) is 30.2 Å². The summed E-state index contributed by atoms with van der Waals surface area (Å²) < 4.78 is 18.0. The number of hydrogen-bond acceptors (Lipinski definition) is 8. The topological polar surface area (TPSA) is 96.2 Å². The summed E-state index contributed by atoms with van der Waals surface area (Å²) >= 11 is 1.19. The van der Waals surface area contributed by atoms with Gasteiger partial charge in [-0.3, -0.25) is 14.2 Å². The Labute approximate surface area is 205 Å². The number of esters is 2. The van der Waals surface area contributed by atoms with Crippen LogP contribution in [0.25, 0.3) is 6.08 Å². The average Bonchev–Trinajstić information content (AvgIpc) is 3.13. The van der Waals surface area contributed by atoms with E-state index in [1.807, 2.05) is 18.2 Å². The van der Waals surface area contributed by atoms with Crippen LogP contribution in [0, 0.1) is 0 Å². The van der Waals surface area contributed by atoms with Crippen molar-refractivity contribution in [1.82, 2.24) is 4.57 Å². The molecule has 4 rings (SSSR count). The van der Waals surface area contributed by atoms with Crippen LogP contribution in [0.5, 0.6) is 11.5 Å². The van der Waals surface area contributed by atoms with Crippen LogP contribution in [0.15, 0.2) is 69.6 Å². The van der Waals surface area contributed by atoms with E-state index in [1.165, 1.54) is 29.9 Å². The first-order valence-electron chi connectivity index (χ1n) is 11.0. The van der Waals surface area contributed by atoms with Gasteiger partial charge in [0.1, 0.15) is 17.5 Å². The number of para-hydroxylation sites is 2. The molecule has 1 aromatic heterocycles. The van der Waals surface area contributed by atoms with Crippen molar-refractivity contribution >= 4 is 29.4 Å². The van der Waals surface area contributed by atoms with Gasteiger partial charge in [0, 0.05) is 18.1 Å². The highest BCUT2D eigenvalue weighted by Gasteiger charge is 2.34. The van der Waals surface area contributed by atoms with Gasteiger partial charge in [-0.1, -0.05) is 47.7 Å². The maximum Gasteiger partial charge on any atom is 0.338 e. The number of benzene rings is 2. The number of carbonyl (C=O) groups excluding carboxylic acids is 2. The lowest BCUT2D eigenvalue weighted by Crippen LogP contribution is -2.40. The van der Waals surface area contributed by atoms with Crippen LogP contribution in [0.3, 0.4) is 0 Å². The molecule has 0 N–H and O–H groups in total. The molecule has 35 heavy (non-hydrogen) atoms. The number of hydrogen-bond donors (Lipinski definition) is 0. The predicted molar refractivity (Wildman–Crippen MR) is 131 cm³/mol.